The fourth-order valence-electron chi connectivity index (χ4n) is 2.23. The van der Waals surface area contributed by atoms with E-state index in [9.17, 15) is 4.79 Å². The standard InChI is InChI=1S/C19H22N2O2S/c1-3-23-18(22)16-10-9-14(2)17(13-16)21-19(24)20-12-11-15-7-5-4-6-8-15/h4-10,13H,3,11-12H2,1-2H3,(H2,20,21,24). The number of thiocarbonyl (C=S) groups is 1. The molecule has 2 rings (SSSR count). The van der Waals surface area contributed by atoms with Crippen molar-refractivity contribution in [2.24, 2.45) is 0 Å². The predicted molar refractivity (Wildman–Crippen MR) is 102 cm³/mol. The van der Waals surface area contributed by atoms with Gasteiger partial charge >= 0.3 is 5.97 Å². The fourth-order valence-corrected chi connectivity index (χ4v) is 2.44. The van der Waals surface area contributed by atoms with Crippen LogP contribution in [0.25, 0.3) is 0 Å². The molecular weight excluding hydrogens is 320 g/mol. The third-order valence-electron chi connectivity index (χ3n) is 3.54. The molecule has 126 valence electrons. The molecule has 0 aromatic heterocycles. The SMILES string of the molecule is CCOC(=O)c1ccc(C)c(NC(=S)NCCc2ccccc2)c1. The van der Waals surface area contributed by atoms with E-state index in [0.717, 1.165) is 24.2 Å². The van der Waals surface area contributed by atoms with Crippen LogP contribution in [0.4, 0.5) is 5.69 Å². The number of hydrogen-bond acceptors (Lipinski definition) is 3. The van der Waals surface area contributed by atoms with Crippen LogP contribution in [0.5, 0.6) is 0 Å². The molecule has 0 fully saturated rings. The molecule has 4 nitrogen and oxygen atoms in total. The van der Waals surface area contributed by atoms with Gasteiger partial charge < -0.3 is 15.4 Å². The lowest BCUT2D eigenvalue weighted by molar-refractivity contribution is 0.0526. The van der Waals surface area contributed by atoms with E-state index in [2.05, 4.69) is 22.8 Å². The van der Waals surface area contributed by atoms with Gasteiger partial charge in [-0.05, 0) is 55.7 Å². The summed E-state index contributed by atoms with van der Waals surface area (Å²) in [7, 11) is 0. The third kappa shape index (κ3) is 5.35. The summed E-state index contributed by atoms with van der Waals surface area (Å²) in [6.07, 6.45) is 0.893. The molecule has 0 atom stereocenters. The molecule has 0 spiro atoms. The van der Waals surface area contributed by atoms with Crippen molar-refractivity contribution in [3.05, 3.63) is 65.2 Å². The van der Waals surface area contributed by atoms with Crippen molar-refractivity contribution < 1.29 is 9.53 Å². The van der Waals surface area contributed by atoms with E-state index in [0.29, 0.717) is 17.3 Å². The summed E-state index contributed by atoms with van der Waals surface area (Å²) in [4.78, 5) is 11.8. The van der Waals surface area contributed by atoms with Gasteiger partial charge in [-0.15, -0.1) is 0 Å². The minimum atomic E-state index is -0.330. The molecule has 24 heavy (non-hydrogen) atoms. The van der Waals surface area contributed by atoms with Crippen molar-refractivity contribution in [3.8, 4) is 0 Å². The van der Waals surface area contributed by atoms with Gasteiger partial charge in [-0.2, -0.15) is 0 Å². The van der Waals surface area contributed by atoms with E-state index in [1.807, 2.05) is 31.2 Å². The first-order valence-corrected chi connectivity index (χ1v) is 8.37. The molecule has 2 aromatic carbocycles. The van der Waals surface area contributed by atoms with Gasteiger partial charge in [0.15, 0.2) is 5.11 Å². The number of anilines is 1. The van der Waals surface area contributed by atoms with Crippen LogP contribution in [0, 0.1) is 6.92 Å². The van der Waals surface area contributed by atoms with E-state index in [-0.39, 0.29) is 5.97 Å². The van der Waals surface area contributed by atoms with Gasteiger partial charge in [-0.1, -0.05) is 36.4 Å². The Morgan fingerprint density at radius 2 is 1.92 bits per heavy atom. The molecular formula is C19H22N2O2S. The monoisotopic (exact) mass is 342 g/mol. The van der Waals surface area contributed by atoms with Gasteiger partial charge in [0.25, 0.3) is 0 Å². The van der Waals surface area contributed by atoms with Gasteiger partial charge in [0.05, 0.1) is 12.2 Å². The highest BCUT2D eigenvalue weighted by atomic mass is 32.1. The van der Waals surface area contributed by atoms with Crippen LogP contribution in [0.1, 0.15) is 28.4 Å². The van der Waals surface area contributed by atoms with Gasteiger partial charge in [-0.25, -0.2) is 4.79 Å². The largest absolute Gasteiger partial charge is 0.462 e. The van der Waals surface area contributed by atoms with Crippen LogP contribution in [0.3, 0.4) is 0 Å². The maximum atomic E-state index is 11.8. The molecule has 0 saturated carbocycles. The molecule has 0 aliphatic rings. The van der Waals surface area contributed by atoms with E-state index >= 15 is 0 Å². The molecule has 0 aliphatic carbocycles. The molecule has 0 bridgehead atoms. The molecule has 2 aromatic rings. The zero-order valence-corrected chi connectivity index (χ0v) is 14.8. The maximum absolute atomic E-state index is 11.8. The number of hydrogen-bond donors (Lipinski definition) is 2. The summed E-state index contributed by atoms with van der Waals surface area (Å²) in [5, 5.41) is 6.87. The number of carbonyl (C=O) groups excluding carboxylic acids is 1. The zero-order chi connectivity index (χ0) is 17.4. The lowest BCUT2D eigenvalue weighted by Crippen LogP contribution is -2.30. The third-order valence-corrected chi connectivity index (χ3v) is 3.79. The second-order valence-electron chi connectivity index (χ2n) is 5.37. The molecule has 0 radical (unpaired) electrons. The summed E-state index contributed by atoms with van der Waals surface area (Å²) >= 11 is 5.33. The number of esters is 1. The maximum Gasteiger partial charge on any atom is 0.338 e. The molecule has 0 aliphatic heterocycles. The summed E-state index contributed by atoms with van der Waals surface area (Å²) in [5.41, 5.74) is 3.58. The Kier molecular flexibility index (Phi) is 6.75. The first kappa shape index (κ1) is 17.9. The van der Waals surface area contributed by atoms with Crippen LogP contribution in [0.15, 0.2) is 48.5 Å². The van der Waals surface area contributed by atoms with Gasteiger partial charge in [0.1, 0.15) is 0 Å². The summed E-state index contributed by atoms with van der Waals surface area (Å²) in [5.74, 6) is -0.330. The highest BCUT2D eigenvalue weighted by Gasteiger charge is 2.09. The Morgan fingerprint density at radius 3 is 2.62 bits per heavy atom. The highest BCUT2D eigenvalue weighted by Crippen LogP contribution is 2.17. The van der Waals surface area contributed by atoms with Crippen LogP contribution in [0.2, 0.25) is 0 Å². The number of aryl methyl sites for hydroxylation is 1. The second-order valence-corrected chi connectivity index (χ2v) is 5.77. The molecule has 0 amide bonds. The van der Waals surface area contributed by atoms with Crippen molar-refractivity contribution in [2.75, 3.05) is 18.5 Å². The molecule has 0 heterocycles. The summed E-state index contributed by atoms with van der Waals surface area (Å²) in [6, 6.07) is 15.6. The Hall–Kier alpha value is -2.40. The number of carbonyl (C=O) groups is 1. The van der Waals surface area contributed by atoms with Crippen molar-refractivity contribution in [2.45, 2.75) is 20.3 Å². The normalized spacial score (nSPS) is 10.1. The molecule has 5 heteroatoms. The zero-order valence-electron chi connectivity index (χ0n) is 14.0. The molecule has 0 saturated heterocycles. The van der Waals surface area contributed by atoms with Crippen molar-refractivity contribution in [1.29, 1.82) is 0 Å². The van der Waals surface area contributed by atoms with Gasteiger partial charge in [0.2, 0.25) is 0 Å². The Morgan fingerprint density at radius 1 is 1.17 bits per heavy atom. The molecule has 2 N–H and O–H groups in total. The second kappa shape index (κ2) is 9.03. The number of rotatable bonds is 6. The smallest absolute Gasteiger partial charge is 0.338 e. The van der Waals surface area contributed by atoms with E-state index in [1.54, 1.807) is 19.1 Å². The minimum Gasteiger partial charge on any atom is -0.462 e. The average molecular weight is 342 g/mol. The molecule has 0 unspecified atom stereocenters. The topological polar surface area (TPSA) is 50.4 Å². The number of ether oxygens (including phenoxy) is 1. The lowest BCUT2D eigenvalue weighted by atomic mass is 10.1. The first-order chi connectivity index (χ1) is 11.6. The Bertz CT molecular complexity index is 702. The van der Waals surface area contributed by atoms with Crippen LogP contribution < -0.4 is 10.6 Å². The van der Waals surface area contributed by atoms with Crippen molar-refractivity contribution >= 4 is 29.0 Å². The van der Waals surface area contributed by atoms with Crippen LogP contribution >= 0.6 is 12.2 Å². The predicted octanol–water partition coefficient (Wildman–Crippen LogP) is 3.70. The first-order valence-electron chi connectivity index (χ1n) is 7.96. The van der Waals surface area contributed by atoms with Crippen LogP contribution in [-0.2, 0) is 11.2 Å². The number of benzene rings is 2. The van der Waals surface area contributed by atoms with Gasteiger partial charge in [0, 0.05) is 12.2 Å². The van der Waals surface area contributed by atoms with Gasteiger partial charge in [-0.3, -0.25) is 0 Å². The van der Waals surface area contributed by atoms with E-state index in [4.69, 9.17) is 17.0 Å². The van der Waals surface area contributed by atoms with Crippen LogP contribution in [-0.4, -0.2) is 24.2 Å². The highest BCUT2D eigenvalue weighted by molar-refractivity contribution is 7.80. The summed E-state index contributed by atoms with van der Waals surface area (Å²) in [6.45, 7) is 4.85. The lowest BCUT2D eigenvalue weighted by Gasteiger charge is -2.13. The van der Waals surface area contributed by atoms with Crippen molar-refractivity contribution in [1.82, 2.24) is 5.32 Å². The minimum absolute atomic E-state index is 0.330. The average Bonchev–Trinajstić information content (AvgIpc) is 2.58. The van der Waals surface area contributed by atoms with E-state index < -0.39 is 0 Å². The van der Waals surface area contributed by atoms with E-state index in [1.165, 1.54) is 5.56 Å². The summed E-state index contributed by atoms with van der Waals surface area (Å²) < 4.78 is 5.03. The number of nitrogens with one attached hydrogen (secondary N) is 2. The fraction of sp³-hybridized carbons (Fsp3) is 0.263. The van der Waals surface area contributed by atoms with Crippen molar-refractivity contribution in [3.63, 3.8) is 0 Å². The quantitative estimate of drug-likeness (QED) is 0.619. The Labute approximate surface area is 148 Å². The Balaban J connectivity index is 1.91.